The molecule has 0 radical (unpaired) electrons. The van der Waals surface area contributed by atoms with E-state index in [2.05, 4.69) is 16.6 Å². The zero-order chi connectivity index (χ0) is 26.4. The molecule has 0 aliphatic carbocycles. The maximum absolute atomic E-state index is 12.6. The number of rotatable bonds is 9. The zero-order valence-corrected chi connectivity index (χ0v) is 21.2. The number of nitrogens with two attached hydrogens (primary N) is 1. The van der Waals surface area contributed by atoms with Crippen molar-refractivity contribution in [3.05, 3.63) is 89.2 Å². The summed E-state index contributed by atoms with van der Waals surface area (Å²) in [4.78, 5) is 33.6. The highest BCUT2D eigenvalue weighted by Gasteiger charge is 2.20. The molecule has 3 aromatic carbocycles. The Bertz CT molecular complexity index is 1470. The van der Waals surface area contributed by atoms with Crippen molar-refractivity contribution in [2.75, 3.05) is 7.11 Å². The number of nitrogens with zero attached hydrogens (tertiary/aromatic N) is 3. The van der Waals surface area contributed by atoms with Gasteiger partial charge in [0, 0.05) is 25.5 Å². The lowest BCUT2D eigenvalue weighted by molar-refractivity contribution is -0.140. The van der Waals surface area contributed by atoms with Gasteiger partial charge in [-0.25, -0.2) is 14.6 Å². The number of amidine groups is 1. The molecule has 0 atom stereocenters. The summed E-state index contributed by atoms with van der Waals surface area (Å²) in [5.41, 5.74) is 11.6. The molecule has 0 fully saturated rings. The molecule has 1 aromatic heterocycles. The van der Waals surface area contributed by atoms with Crippen LogP contribution in [0.15, 0.2) is 71.9 Å². The fourth-order valence-corrected chi connectivity index (χ4v) is 4.40. The quantitative estimate of drug-likeness (QED) is 0.114. The summed E-state index contributed by atoms with van der Waals surface area (Å²) in [7, 11) is 1.38. The van der Waals surface area contributed by atoms with Crippen molar-refractivity contribution >= 4 is 28.8 Å². The van der Waals surface area contributed by atoms with E-state index >= 15 is 0 Å². The molecule has 8 nitrogen and oxygen atoms in total. The molecule has 0 bridgehead atoms. The zero-order valence-electron chi connectivity index (χ0n) is 21.2. The van der Waals surface area contributed by atoms with Crippen molar-refractivity contribution in [3.63, 3.8) is 0 Å². The highest BCUT2D eigenvalue weighted by Crippen LogP contribution is 2.30. The van der Waals surface area contributed by atoms with Gasteiger partial charge in [-0.15, -0.1) is 0 Å². The van der Waals surface area contributed by atoms with E-state index in [1.807, 2.05) is 60.7 Å². The molecule has 8 heteroatoms. The first-order valence-electron chi connectivity index (χ1n) is 12.2. The van der Waals surface area contributed by atoms with E-state index in [4.69, 9.17) is 20.3 Å². The molecule has 0 amide bonds. The maximum Gasteiger partial charge on any atom is 0.340 e. The van der Waals surface area contributed by atoms with Crippen LogP contribution in [-0.4, -0.2) is 34.4 Å². The maximum atomic E-state index is 12.6. The fourth-order valence-electron chi connectivity index (χ4n) is 4.40. The Labute approximate surface area is 215 Å². The van der Waals surface area contributed by atoms with E-state index in [0.717, 1.165) is 52.8 Å². The summed E-state index contributed by atoms with van der Waals surface area (Å²) in [6.45, 7) is 3.89. The third-order valence-electron chi connectivity index (χ3n) is 6.12. The summed E-state index contributed by atoms with van der Waals surface area (Å²) < 4.78 is 7.18. The van der Waals surface area contributed by atoms with E-state index in [-0.39, 0.29) is 5.84 Å². The normalized spacial score (nSPS) is 11.5. The first-order chi connectivity index (χ1) is 17.9. The molecule has 37 heavy (non-hydrogen) atoms. The summed E-state index contributed by atoms with van der Waals surface area (Å²) >= 11 is 0. The van der Waals surface area contributed by atoms with Gasteiger partial charge >= 0.3 is 11.9 Å². The number of para-hydroxylation sites is 1. The Balaban J connectivity index is 1.86. The van der Waals surface area contributed by atoms with Gasteiger partial charge in [0.05, 0.1) is 23.7 Å². The molecule has 0 unspecified atom stereocenters. The highest BCUT2D eigenvalue weighted by molar-refractivity contribution is 6.04. The average molecular weight is 499 g/mol. The smallest absolute Gasteiger partial charge is 0.340 e. The second-order valence-electron chi connectivity index (χ2n) is 8.64. The van der Waals surface area contributed by atoms with Gasteiger partial charge in [0.15, 0.2) is 5.84 Å². The minimum Gasteiger partial charge on any atom is -0.465 e. The number of esters is 1. The minimum atomic E-state index is -0.547. The Morgan fingerprint density at radius 2 is 1.68 bits per heavy atom. The number of aromatic nitrogens is 2. The Hall–Kier alpha value is -4.46. The van der Waals surface area contributed by atoms with E-state index in [0.29, 0.717) is 17.7 Å². The molecule has 0 aliphatic rings. The fraction of sp³-hybridized carbons (Fsp3) is 0.241. The van der Waals surface area contributed by atoms with Crippen molar-refractivity contribution in [2.45, 2.75) is 39.7 Å². The second kappa shape index (κ2) is 11.5. The van der Waals surface area contributed by atoms with Crippen LogP contribution in [0.2, 0.25) is 0 Å². The van der Waals surface area contributed by atoms with Crippen LogP contribution in [0, 0.1) is 0 Å². The van der Waals surface area contributed by atoms with Gasteiger partial charge < -0.3 is 19.9 Å². The van der Waals surface area contributed by atoms with Crippen LogP contribution < -0.4 is 5.73 Å². The van der Waals surface area contributed by atoms with Crippen LogP contribution in [0.25, 0.3) is 22.2 Å². The van der Waals surface area contributed by atoms with Crippen molar-refractivity contribution in [2.24, 2.45) is 10.9 Å². The van der Waals surface area contributed by atoms with Crippen LogP contribution in [-0.2, 0) is 27.3 Å². The summed E-state index contributed by atoms with van der Waals surface area (Å²) in [5.74, 6) is 0.0632. The largest absolute Gasteiger partial charge is 0.465 e. The van der Waals surface area contributed by atoms with Gasteiger partial charge in [0.2, 0.25) is 0 Å². The predicted molar refractivity (Wildman–Crippen MR) is 143 cm³/mol. The number of imidazole rings is 1. The molecule has 0 spiro atoms. The molecule has 4 aromatic rings. The number of fused-ring (bicyclic) bond motifs is 1. The van der Waals surface area contributed by atoms with Gasteiger partial charge in [-0.3, -0.25) is 0 Å². The monoisotopic (exact) mass is 498 g/mol. The molecule has 190 valence electrons. The highest BCUT2D eigenvalue weighted by atomic mass is 16.7. The Morgan fingerprint density at radius 1 is 0.973 bits per heavy atom. The minimum absolute atomic E-state index is 0.102. The number of hydrogen-bond acceptors (Lipinski definition) is 6. The topological polar surface area (TPSA) is 109 Å². The summed E-state index contributed by atoms with van der Waals surface area (Å²) in [5, 5.41) is 3.79. The Kier molecular flexibility index (Phi) is 7.98. The van der Waals surface area contributed by atoms with Crippen molar-refractivity contribution in [3.8, 4) is 11.1 Å². The molecule has 0 saturated carbocycles. The van der Waals surface area contributed by atoms with E-state index in [9.17, 15) is 9.59 Å². The first-order valence-corrected chi connectivity index (χ1v) is 12.2. The van der Waals surface area contributed by atoms with Crippen LogP contribution >= 0.6 is 0 Å². The third kappa shape index (κ3) is 5.53. The third-order valence-corrected chi connectivity index (χ3v) is 6.12. The SMILES string of the molecule is CCCCc1nc2cccc(C(=O)OC)c2n1Cc1ccccc1-c1ccccc1/C(N)=N/OC(C)=O. The second-order valence-corrected chi connectivity index (χ2v) is 8.64. The Morgan fingerprint density at radius 3 is 2.41 bits per heavy atom. The van der Waals surface area contributed by atoms with Crippen molar-refractivity contribution < 1.29 is 19.2 Å². The lowest BCUT2D eigenvalue weighted by Gasteiger charge is -2.16. The number of ether oxygens (including phenoxy) is 1. The number of hydrogen-bond donors (Lipinski definition) is 1. The molecule has 4 rings (SSSR count). The van der Waals surface area contributed by atoms with Crippen LogP contribution in [0.3, 0.4) is 0 Å². The number of carbonyl (C=O) groups is 2. The van der Waals surface area contributed by atoms with Crippen LogP contribution in [0.4, 0.5) is 0 Å². The number of oxime groups is 1. The van der Waals surface area contributed by atoms with Gasteiger partial charge in [0.1, 0.15) is 5.82 Å². The molecular formula is C29H30N4O4. The van der Waals surface area contributed by atoms with E-state index in [1.165, 1.54) is 14.0 Å². The van der Waals surface area contributed by atoms with Gasteiger partial charge in [-0.2, -0.15) is 0 Å². The summed E-state index contributed by atoms with van der Waals surface area (Å²) in [6.07, 6.45) is 2.79. The lowest BCUT2D eigenvalue weighted by Crippen LogP contribution is -2.16. The standard InChI is InChI=1S/C29H30N4O4/c1-4-5-17-26-31-25-16-10-15-24(29(35)36-3)27(25)33(26)18-20-11-6-7-12-21(20)22-13-8-9-14-23(22)28(30)32-37-19(2)34/h6-16H,4-5,17-18H2,1-3H3,(H2,30,32). The van der Waals surface area contributed by atoms with Gasteiger partial charge in [-0.1, -0.05) is 73.1 Å². The predicted octanol–water partition coefficient (Wildman–Crippen LogP) is 5.06. The van der Waals surface area contributed by atoms with Crippen LogP contribution in [0.1, 0.15) is 54.0 Å². The molecule has 0 saturated heterocycles. The molecule has 1 heterocycles. The number of carbonyl (C=O) groups excluding carboxylic acids is 2. The number of benzene rings is 3. The number of methoxy groups -OCH3 is 1. The molecule has 2 N–H and O–H groups in total. The van der Waals surface area contributed by atoms with Gasteiger partial charge in [0.25, 0.3) is 0 Å². The average Bonchev–Trinajstić information content (AvgIpc) is 3.27. The van der Waals surface area contributed by atoms with Crippen molar-refractivity contribution in [1.29, 1.82) is 0 Å². The summed E-state index contributed by atoms with van der Waals surface area (Å²) in [6, 6.07) is 21.1. The van der Waals surface area contributed by atoms with Crippen molar-refractivity contribution in [1.82, 2.24) is 9.55 Å². The molecule has 0 aliphatic heterocycles. The molecular weight excluding hydrogens is 468 g/mol. The number of unbranched alkanes of at least 4 members (excludes halogenated alkanes) is 1. The lowest BCUT2D eigenvalue weighted by atomic mass is 9.94. The van der Waals surface area contributed by atoms with E-state index in [1.54, 1.807) is 6.07 Å². The first kappa shape index (κ1) is 25.6. The van der Waals surface area contributed by atoms with Gasteiger partial charge in [-0.05, 0) is 35.2 Å². The van der Waals surface area contributed by atoms with E-state index < -0.39 is 11.9 Å². The van der Waals surface area contributed by atoms with Crippen LogP contribution in [0.5, 0.6) is 0 Å². The number of aryl methyl sites for hydroxylation is 1.